The topological polar surface area (TPSA) is 59.4 Å². The standard InChI is InChI=1S/C19H32N4O2/c1-14-12-16(3)23(21-14)13-15(2)20-19(24)17-4-8-22(9-5-17)18-6-10-25-11-7-18/h12,15,17-18H,4-11,13H2,1-3H3,(H,20,24)/t15-/m0/s1. The van der Waals surface area contributed by atoms with Crippen molar-refractivity contribution < 1.29 is 9.53 Å². The Morgan fingerprint density at radius 1 is 1.28 bits per heavy atom. The number of amides is 1. The molecule has 25 heavy (non-hydrogen) atoms. The van der Waals surface area contributed by atoms with E-state index >= 15 is 0 Å². The van der Waals surface area contributed by atoms with Gasteiger partial charge in [0.1, 0.15) is 0 Å². The van der Waals surface area contributed by atoms with Crippen LogP contribution in [0.3, 0.4) is 0 Å². The number of carbonyl (C=O) groups excluding carboxylic acids is 1. The molecule has 0 spiro atoms. The Morgan fingerprint density at radius 3 is 2.56 bits per heavy atom. The highest BCUT2D eigenvalue weighted by atomic mass is 16.5. The van der Waals surface area contributed by atoms with Gasteiger partial charge in [0, 0.05) is 36.9 Å². The summed E-state index contributed by atoms with van der Waals surface area (Å²) in [7, 11) is 0. The van der Waals surface area contributed by atoms with Gasteiger partial charge in [-0.05, 0) is 65.6 Å². The number of hydrogen-bond acceptors (Lipinski definition) is 4. The van der Waals surface area contributed by atoms with Crippen LogP contribution in [0.15, 0.2) is 6.07 Å². The highest BCUT2D eigenvalue weighted by Crippen LogP contribution is 2.23. The summed E-state index contributed by atoms with van der Waals surface area (Å²) in [6.07, 6.45) is 4.21. The van der Waals surface area contributed by atoms with Crippen LogP contribution in [-0.4, -0.2) is 59.0 Å². The van der Waals surface area contributed by atoms with Crippen LogP contribution in [0.5, 0.6) is 0 Å². The molecule has 0 bridgehead atoms. The number of likely N-dealkylation sites (tertiary alicyclic amines) is 1. The van der Waals surface area contributed by atoms with Gasteiger partial charge in [0.05, 0.1) is 12.2 Å². The first-order valence-corrected chi connectivity index (χ1v) is 9.66. The van der Waals surface area contributed by atoms with Crippen LogP contribution in [0.4, 0.5) is 0 Å². The van der Waals surface area contributed by atoms with Crippen molar-refractivity contribution in [2.45, 2.75) is 65.1 Å². The maximum atomic E-state index is 12.6. The predicted octanol–water partition coefficient (Wildman–Crippen LogP) is 1.90. The minimum absolute atomic E-state index is 0.0963. The SMILES string of the molecule is Cc1cc(C)n(C[C@H](C)NC(=O)C2CCN(C3CCOCC3)CC2)n1. The maximum Gasteiger partial charge on any atom is 0.223 e. The number of aromatic nitrogens is 2. The lowest BCUT2D eigenvalue weighted by molar-refractivity contribution is -0.127. The molecule has 2 aliphatic rings. The molecule has 0 saturated carbocycles. The number of carbonyl (C=O) groups is 1. The Kier molecular flexibility index (Phi) is 6.12. The van der Waals surface area contributed by atoms with Crippen molar-refractivity contribution in [2.75, 3.05) is 26.3 Å². The van der Waals surface area contributed by atoms with Gasteiger partial charge in [0.25, 0.3) is 0 Å². The van der Waals surface area contributed by atoms with E-state index in [0.29, 0.717) is 6.04 Å². The summed E-state index contributed by atoms with van der Waals surface area (Å²) in [5, 5.41) is 7.67. The van der Waals surface area contributed by atoms with E-state index < -0.39 is 0 Å². The number of piperidine rings is 1. The highest BCUT2D eigenvalue weighted by Gasteiger charge is 2.30. The molecule has 0 aliphatic carbocycles. The van der Waals surface area contributed by atoms with E-state index in [2.05, 4.69) is 35.2 Å². The number of nitrogens with zero attached hydrogens (tertiary/aromatic N) is 3. The molecule has 6 nitrogen and oxygen atoms in total. The fraction of sp³-hybridized carbons (Fsp3) is 0.789. The van der Waals surface area contributed by atoms with E-state index in [-0.39, 0.29) is 17.9 Å². The lowest BCUT2D eigenvalue weighted by atomic mass is 9.93. The van der Waals surface area contributed by atoms with Crippen molar-refractivity contribution in [1.82, 2.24) is 20.0 Å². The van der Waals surface area contributed by atoms with Crippen molar-refractivity contribution in [1.29, 1.82) is 0 Å². The second-order valence-corrected chi connectivity index (χ2v) is 7.67. The molecule has 140 valence electrons. The average Bonchev–Trinajstić information content (AvgIpc) is 2.92. The van der Waals surface area contributed by atoms with Gasteiger partial charge in [0.15, 0.2) is 0 Å². The first kappa shape index (κ1) is 18.4. The van der Waals surface area contributed by atoms with E-state index in [9.17, 15) is 4.79 Å². The van der Waals surface area contributed by atoms with Crippen LogP contribution in [0.25, 0.3) is 0 Å². The summed E-state index contributed by atoms with van der Waals surface area (Å²) in [6.45, 7) is 10.7. The summed E-state index contributed by atoms with van der Waals surface area (Å²) in [5.74, 6) is 0.361. The van der Waals surface area contributed by atoms with Crippen LogP contribution in [0.1, 0.15) is 44.0 Å². The third-order valence-electron chi connectivity index (χ3n) is 5.55. The molecule has 0 aromatic carbocycles. The number of nitrogens with one attached hydrogen (secondary N) is 1. The largest absolute Gasteiger partial charge is 0.381 e. The molecule has 1 aromatic rings. The van der Waals surface area contributed by atoms with E-state index in [1.807, 2.05) is 11.6 Å². The van der Waals surface area contributed by atoms with Gasteiger partial charge in [-0.1, -0.05) is 0 Å². The van der Waals surface area contributed by atoms with Crippen LogP contribution in [-0.2, 0) is 16.1 Å². The molecular formula is C19H32N4O2. The van der Waals surface area contributed by atoms with Gasteiger partial charge in [-0.2, -0.15) is 5.10 Å². The highest BCUT2D eigenvalue weighted by molar-refractivity contribution is 5.79. The first-order valence-electron chi connectivity index (χ1n) is 9.66. The van der Waals surface area contributed by atoms with Gasteiger partial charge in [0.2, 0.25) is 5.91 Å². The molecule has 2 fully saturated rings. The summed E-state index contributed by atoms with van der Waals surface area (Å²) < 4.78 is 7.43. The Balaban J connectivity index is 1.43. The predicted molar refractivity (Wildman–Crippen MR) is 97.4 cm³/mol. The second kappa shape index (κ2) is 8.32. The quantitative estimate of drug-likeness (QED) is 0.883. The fourth-order valence-corrected chi connectivity index (χ4v) is 4.10. The van der Waals surface area contributed by atoms with Gasteiger partial charge in [-0.15, -0.1) is 0 Å². The van der Waals surface area contributed by atoms with Gasteiger partial charge in [-0.25, -0.2) is 0 Å². The Labute approximate surface area is 150 Å². The third kappa shape index (κ3) is 4.82. The number of aryl methyl sites for hydroxylation is 2. The average molecular weight is 348 g/mol. The normalized spacial score (nSPS) is 22.0. The smallest absolute Gasteiger partial charge is 0.223 e. The van der Waals surface area contributed by atoms with Gasteiger partial charge >= 0.3 is 0 Å². The molecule has 0 radical (unpaired) electrons. The van der Waals surface area contributed by atoms with Crippen LogP contribution in [0.2, 0.25) is 0 Å². The third-order valence-corrected chi connectivity index (χ3v) is 5.55. The molecule has 2 aliphatic heterocycles. The molecule has 1 atom stereocenters. The minimum atomic E-state index is 0.0963. The summed E-state index contributed by atoms with van der Waals surface area (Å²) in [5.41, 5.74) is 2.17. The number of ether oxygens (including phenoxy) is 1. The van der Waals surface area contributed by atoms with Crippen molar-refractivity contribution in [2.24, 2.45) is 5.92 Å². The van der Waals surface area contributed by atoms with Crippen molar-refractivity contribution >= 4 is 5.91 Å². The molecule has 1 N–H and O–H groups in total. The molecule has 6 heteroatoms. The van der Waals surface area contributed by atoms with Crippen LogP contribution < -0.4 is 5.32 Å². The Bertz CT molecular complexity index is 572. The maximum absolute atomic E-state index is 12.6. The Hall–Kier alpha value is -1.40. The van der Waals surface area contributed by atoms with Crippen molar-refractivity contribution in [3.8, 4) is 0 Å². The van der Waals surface area contributed by atoms with Crippen LogP contribution in [0, 0.1) is 19.8 Å². The van der Waals surface area contributed by atoms with E-state index in [1.54, 1.807) is 0 Å². The molecule has 2 saturated heterocycles. The number of rotatable bonds is 5. The molecule has 3 heterocycles. The monoisotopic (exact) mass is 348 g/mol. The summed E-state index contributed by atoms with van der Waals surface area (Å²) in [6, 6.07) is 2.82. The van der Waals surface area contributed by atoms with Crippen LogP contribution >= 0.6 is 0 Å². The van der Waals surface area contributed by atoms with E-state index in [1.165, 1.54) is 0 Å². The Morgan fingerprint density at radius 2 is 1.96 bits per heavy atom. The van der Waals surface area contributed by atoms with Crippen molar-refractivity contribution in [3.05, 3.63) is 17.5 Å². The molecule has 3 rings (SSSR count). The van der Waals surface area contributed by atoms with Gasteiger partial charge < -0.3 is 15.0 Å². The minimum Gasteiger partial charge on any atom is -0.381 e. The second-order valence-electron chi connectivity index (χ2n) is 7.67. The summed E-state index contributed by atoms with van der Waals surface area (Å²) in [4.78, 5) is 15.2. The van der Waals surface area contributed by atoms with E-state index in [4.69, 9.17) is 4.74 Å². The molecule has 0 unspecified atom stereocenters. The zero-order chi connectivity index (χ0) is 17.8. The molecule has 1 amide bonds. The lowest BCUT2D eigenvalue weighted by Gasteiger charge is -2.39. The molecule has 1 aromatic heterocycles. The van der Waals surface area contributed by atoms with E-state index in [0.717, 1.165) is 69.9 Å². The van der Waals surface area contributed by atoms with Gasteiger partial charge in [-0.3, -0.25) is 9.48 Å². The first-order chi connectivity index (χ1) is 12.0. The zero-order valence-electron chi connectivity index (χ0n) is 15.8. The fourth-order valence-electron chi connectivity index (χ4n) is 4.10. The van der Waals surface area contributed by atoms with Crippen molar-refractivity contribution in [3.63, 3.8) is 0 Å². The molecular weight excluding hydrogens is 316 g/mol. The summed E-state index contributed by atoms with van der Waals surface area (Å²) >= 11 is 0. The number of hydrogen-bond donors (Lipinski definition) is 1. The zero-order valence-corrected chi connectivity index (χ0v) is 15.8. The lowest BCUT2D eigenvalue weighted by Crippen LogP contribution is -2.48.